The largest absolute Gasteiger partial charge is 0.475 e. The van der Waals surface area contributed by atoms with Gasteiger partial charge in [-0.1, -0.05) is 15.9 Å². The highest BCUT2D eigenvalue weighted by molar-refractivity contribution is 9.10. The molecule has 0 bridgehead atoms. The summed E-state index contributed by atoms with van der Waals surface area (Å²) in [6, 6.07) is 6.30. The third kappa shape index (κ3) is 2.33. The van der Waals surface area contributed by atoms with Gasteiger partial charge in [0.2, 0.25) is 11.5 Å². The number of carbonyl (C=O) groups is 2. The molecule has 0 saturated carbocycles. The second kappa shape index (κ2) is 4.73. The van der Waals surface area contributed by atoms with E-state index < -0.39 is 17.6 Å². The van der Waals surface area contributed by atoms with Crippen LogP contribution in [-0.4, -0.2) is 16.9 Å². The zero-order valence-corrected chi connectivity index (χ0v) is 10.4. The number of furan rings is 1. The molecule has 6 heteroatoms. The van der Waals surface area contributed by atoms with Crippen LogP contribution in [0.3, 0.4) is 0 Å². The van der Waals surface area contributed by atoms with Crippen LogP contribution in [0.5, 0.6) is 0 Å². The fraction of sp³-hybridized carbons (Fsp3) is 0. The Bertz CT molecular complexity index is 633. The zero-order valence-electron chi connectivity index (χ0n) is 8.81. The highest BCUT2D eigenvalue weighted by Gasteiger charge is 2.19. The van der Waals surface area contributed by atoms with Crippen LogP contribution in [0.4, 0.5) is 4.39 Å². The highest BCUT2D eigenvalue weighted by atomic mass is 79.9. The van der Waals surface area contributed by atoms with Crippen LogP contribution in [0.1, 0.15) is 26.7 Å². The average molecular weight is 313 g/mol. The van der Waals surface area contributed by atoms with Crippen LogP contribution in [0, 0.1) is 5.82 Å². The lowest BCUT2D eigenvalue weighted by Crippen LogP contribution is -2.03. The fourth-order valence-corrected chi connectivity index (χ4v) is 1.71. The van der Waals surface area contributed by atoms with Gasteiger partial charge in [-0.2, -0.15) is 0 Å². The minimum Gasteiger partial charge on any atom is -0.475 e. The first kappa shape index (κ1) is 12.5. The van der Waals surface area contributed by atoms with Gasteiger partial charge in [-0.05, 0) is 30.3 Å². The Balaban J connectivity index is 2.38. The fourth-order valence-electron chi connectivity index (χ4n) is 1.38. The number of carbonyl (C=O) groups excluding carboxylic acids is 1. The van der Waals surface area contributed by atoms with E-state index >= 15 is 0 Å². The molecule has 0 unspecified atom stereocenters. The predicted octanol–water partition coefficient (Wildman–Crippen LogP) is 3.11. The lowest BCUT2D eigenvalue weighted by Gasteiger charge is -2.00. The molecule has 0 radical (unpaired) electrons. The van der Waals surface area contributed by atoms with Crippen molar-refractivity contribution < 1.29 is 23.5 Å². The molecule has 0 spiro atoms. The van der Waals surface area contributed by atoms with E-state index in [9.17, 15) is 14.0 Å². The third-order valence-corrected chi connectivity index (χ3v) is 2.71. The van der Waals surface area contributed by atoms with Gasteiger partial charge in [-0.25, -0.2) is 9.18 Å². The van der Waals surface area contributed by atoms with Gasteiger partial charge in [0.15, 0.2) is 5.76 Å². The maximum atomic E-state index is 13.5. The van der Waals surface area contributed by atoms with E-state index in [0.717, 1.165) is 12.1 Å². The number of aromatic carboxylic acids is 1. The summed E-state index contributed by atoms with van der Waals surface area (Å²) >= 11 is 3.07. The van der Waals surface area contributed by atoms with Gasteiger partial charge in [-0.3, -0.25) is 4.79 Å². The van der Waals surface area contributed by atoms with Crippen molar-refractivity contribution in [1.82, 2.24) is 0 Å². The maximum Gasteiger partial charge on any atom is 0.371 e. The molecular formula is C12H6BrFO4. The molecule has 0 aliphatic heterocycles. The zero-order chi connectivity index (χ0) is 13.3. The van der Waals surface area contributed by atoms with E-state index in [1.807, 2.05) is 0 Å². The first-order valence-electron chi connectivity index (χ1n) is 4.82. The molecule has 1 aromatic heterocycles. The molecule has 0 saturated heterocycles. The lowest BCUT2D eigenvalue weighted by molar-refractivity contribution is 0.0660. The van der Waals surface area contributed by atoms with Crippen molar-refractivity contribution >= 4 is 27.7 Å². The topological polar surface area (TPSA) is 67.5 Å². The molecule has 0 aliphatic carbocycles. The first-order chi connectivity index (χ1) is 8.49. The van der Waals surface area contributed by atoms with Gasteiger partial charge in [0, 0.05) is 4.47 Å². The summed E-state index contributed by atoms with van der Waals surface area (Å²) in [7, 11) is 0. The molecule has 2 aromatic rings. The molecule has 92 valence electrons. The SMILES string of the molecule is O=C(O)c1ccc(C(=O)c2ccc(Br)cc2F)o1. The smallest absolute Gasteiger partial charge is 0.371 e. The molecule has 2 rings (SSSR count). The molecule has 1 heterocycles. The van der Waals surface area contributed by atoms with Crippen molar-refractivity contribution in [3.8, 4) is 0 Å². The van der Waals surface area contributed by atoms with Crippen molar-refractivity contribution in [2.24, 2.45) is 0 Å². The number of ketones is 1. The van der Waals surface area contributed by atoms with Gasteiger partial charge in [0.1, 0.15) is 5.82 Å². The normalized spacial score (nSPS) is 10.3. The van der Waals surface area contributed by atoms with Crippen LogP contribution in [0.25, 0.3) is 0 Å². The second-order valence-corrected chi connectivity index (χ2v) is 4.34. The number of hydrogen-bond acceptors (Lipinski definition) is 3. The molecule has 18 heavy (non-hydrogen) atoms. The van der Waals surface area contributed by atoms with Gasteiger partial charge >= 0.3 is 5.97 Å². The summed E-state index contributed by atoms with van der Waals surface area (Å²) in [6.07, 6.45) is 0. The average Bonchev–Trinajstić information content (AvgIpc) is 2.77. The van der Waals surface area contributed by atoms with Gasteiger partial charge in [0.05, 0.1) is 5.56 Å². The summed E-state index contributed by atoms with van der Waals surface area (Å²) < 4.78 is 18.9. The standard InChI is InChI=1S/C12H6BrFO4/c13-6-1-2-7(8(14)5-6)11(15)9-3-4-10(18-9)12(16)17/h1-5H,(H,16,17). The summed E-state index contributed by atoms with van der Waals surface area (Å²) in [5.74, 6) is -3.27. The molecule has 0 fully saturated rings. The Kier molecular flexibility index (Phi) is 3.29. The Morgan fingerprint density at radius 3 is 2.39 bits per heavy atom. The molecule has 4 nitrogen and oxygen atoms in total. The summed E-state index contributed by atoms with van der Waals surface area (Å²) in [6.45, 7) is 0. The van der Waals surface area contributed by atoms with Crippen molar-refractivity contribution in [2.75, 3.05) is 0 Å². The number of carboxylic acid groups (broad SMARTS) is 1. The van der Waals surface area contributed by atoms with Gasteiger partial charge in [0.25, 0.3) is 0 Å². The number of benzene rings is 1. The van der Waals surface area contributed by atoms with E-state index in [1.165, 1.54) is 18.2 Å². The van der Waals surface area contributed by atoms with Crippen LogP contribution >= 0.6 is 15.9 Å². The van der Waals surface area contributed by atoms with E-state index in [0.29, 0.717) is 4.47 Å². The Hall–Kier alpha value is -1.95. The number of rotatable bonds is 3. The summed E-state index contributed by atoms with van der Waals surface area (Å²) in [5.41, 5.74) is -0.176. The number of carboxylic acids is 1. The molecule has 1 aromatic carbocycles. The second-order valence-electron chi connectivity index (χ2n) is 3.42. The molecule has 0 aliphatic rings. The maximum absolute atomic E-state index is 13.5. The van der Waals surface area contributed by atoms with E-state index in [4.69, 9.17) is 9.52 Å². The van der Waals surface area contributed by atoms with Crippen molar-refractivity contribution in [3.05, 3.63) is 57.7 Å². The minimum atomic E-state index is -1.29. The van der Waals surface area contributed by atoms with Gasteiger partial charge < -0.3 is 9.52 Å². The Labute approximate surface area is 109 Å². The highest BCUT2D eigenvalue weighted by Crippen LogP contribution is 2.19. The predicted molar refractivity (Wildman–Crippen MR) is 63.2 cm³/mol. The van der Waals surface area contributed by atoms with E-state index in [1.54, 1.807) is 0 Å². The van der Waals surface area contributed by atoms with Crippen LogP contribution < -0.4 is 0 Å². The van der Waals surface area contributed by atoms with Crippen LogP contribution in [0.15, 0.2) is 39.2 Å². The summed E-state index contributed by atoms with van der Waals surface area (Å²) in [4.78, 5) is 22.5. The monoisotopic (exact) mass is 312 g/mol. The van der Waals surface area contributed by atoms with Crippen molar-refractivity contribution in [2.45, 2.75) is 0 Å². The van der Waals surface area contributed by atoms with Crippen LogP contribution in [0.2, 0.25) is 0 Å². The molecule has 0 atom stereocenters. The minimum absolute atomic E-state index is 0.176. The van der Waals surface area contributed by atoms with Crippen LogP contribution in [-0.2, 0) is 0 Å². The van der Waals surface area contributed by atoms with Crippen molar-refractivity contribution in [1.29, 1.82) is 0 Å². The number of hydrogen-bond donors (Lipinski definition) is 1. The van der Waals surface area contributed by atoms with E-state index in [2.05, 4.69) is 15.9 Å². The third-order valence-electron chi connectivity index (χ3n) is 2.22. The quantitative estimate of drug-likeness (QED) is 0.884. The molecule has 1 N–H and O–H groups in total. The Morgan fingerprint density at radius 2 is 1.83 bits per heavy atom. The van der Waals surface area contributed by atoms with Gasteiger partial charge in [-0.15, -0.1) is 0 Å². The lowest BCUT2D eigenvalue weighted by atomic mass is 10.1. The number of halogens is 2. The Morgan fingerprint density at radius 1 is 1.17 bits per heavy atom. The first-order valence-corrected chi connectivity index (χ1v) is 5.61. The molecular weight excluding hydrogens is 307 g/mol. The van der Waals surface area contributed by atoms with Crippen molar-refractivity contribution in [3.63, 3.8) is 0 Å². The molecule has 0 amide bonds. The van der Waals surface area contributed by atoms with E-state index in [-0.39, 0.29) is 17.1 Å². The summed E-state index contributed by atoms with van der Waals surface area (Å²) in [5, 5.41) is 8.66.